The van der Waals surface area contributed by atoms with E-state index in [9.17, 15) is 0 Å². The van der Waals surface area contributed by atoms with Crippen LogP contribution in [0.15, 0.2) is 52.1 Å². The lowest BCUT2D eigenvalue weighted by Crippen LogP contribution is -1.95. The van der Waals surface area contributed by atoms with Gasteiger partial charge in [-0.1, -0.05) is 11.2 Å². The molecule has 9 heteroatoms. The molecule has 8 nitrogen and oxygen atoms in total. The van der Waals surface area contributed by atoms with E-state index in [2.05, 4.69) is 15.0 Å². The molecule has 0 unspecified atom stereocenters. The average molecular weight is 412 g/mol. The highest BCUT2D eigenvalue weighted by Gasteiger charge is 2.18. The van der Waals surface area contributed by atoms with E-state index in [1.807, 2.05) is 43.6 Å². The molecule has 0 saturated heterocycles. The molecular formula is C20H20N4O4S. The van der Waals surface area contributed by atoms with E-state index in [0.717, 1.165) is 21.4 Å². The number of nitrogens with one attached hydrogen (secondary N) is 1. The number of hydrogen-bond acceptors (Lipinski definition) is 8. The maximum absolute atomic E-state index is 5.61. The Morgan fingerprint density at radius 3 is 2.34 bits per heavy atom. The van der Waals surface area contributed by atoms with Gasteiger partial charge in [-0.2, -0.15) is 5.10 Å². The summed E-state index contributed by atoms with van der Waals surface area (Å²) in [4.78, 5) is 0.805. The minimum absolute atomic E-state index is 0.549. The number of fused-ring (bicyclic) bond motifs is 1. The van der Waals surface area contributed by atoms with Crippen molar-refractivity contribution in [2.24, 2.45) is 7.05 Å². The Kier molecular flexibility index (Phi) is 5.22. The van der Waals surface area contributed by atoms with E-state index in [1.54, 1.807) is 32.2 Å². The molecule has 29 heavy (non-hydrogen) atoms. The Morgan fingerprint density at radius 2 is 1.72 bits per heavy atom. The third-order valence-electron chi connectivity index (χ3n) is 4.43. The quantitative estimate of drug-likeness (QED) is 0.448. The number of aromatic nitrogens is 3. The third kappa shape index (κ3) is 3.56. The van der Waals surface area contributed by atoms with Crippen molar-refractivity contribution in [3.05, 3.63) is 42.7 Å². The van der Waals surface area contributed by atoms with Crippen molar-refractivity contribution in [3.8, 4) is 28.4 Å². The lowest BCUT2D eigenvalue weighted by molar-refractivity contribution is 0.376. The second kappa shape index (κ2) is 7.96. The first-order chi connectivity index (χ1) is 14.1. The van der Waals surface area contributed by atoms with Crippen LogP contribution in [0.3, 0.4) is 0 Å². The molecule has 0 aliphatic heterocycles. The predicted octanol–water partition coefficient (Wildman–Crippen LogP) is 4.37. The molecule has 4 aromatic rings. The summed E-state index contributed by atoms with van der Waals surface area (Å²) in [7, 11) is 6.73. The number of hydrogen-bond donors (Lipinski definition) is 1. The molecule has 0 aliphatic carbocycles. The molecule has 150 valence electrons. The van der Waals surface area contributed by atoms with Crippen molar-refractivity contribution in [2.45, 2.75) is 4.90 Å². The van der Waals surface area contributed by atoms with Gasteiger partial charge < -0.3 is 23.5 Å². The molecular weight excluding hydrogens is 392 g/mol. The summed E-state index contributed by atoms with van der Waals surface area (Å²) < 4.78 is 27.0. The Labute approximate surface area is 171 Å². The number of rotatable bonds is 7. The Balaban J connectivity index is 1.69. The van der Waals surface area contributed by atoms with Crippen LogP contribution in [0.5, 0.6) is 17.2 Å². The lowest BCUT2D eigenvalue weighted by Gasteiger charge is -2.12. The van der Waals surface area contributed by atoms with E-state index in [0.29, 0.717) is 28.6 Å². The van der Waals surface area contributed by atoms with Crippen LogP contribution in [0.4, 0.5) is 5.82 Å². The van der Waals surface area contributed by atoms with Gasteiger partial charge in [0, 0.05) is 18.8 Å². The van der Waals surface area contributed by atoms with Crippen LogP contribution in [-0.2, 0) is 7.05 Å². The topological polar surface area (TPSA) is 83.6 Å². The molecule has 0 saturated carbocycles. The third-order valence-corrected chi connectivity index (χ3v) is 5.33. The number of benzene rings is 2. The first-order valence-corrected chi connectivity index (χ1v) is 9.56. The van der Waals surface area contributed by atoms with Gasteiger partial charge >= 0.3 is 0 Å². The first kappa shape index (κ1) is 19.0. The smallest absolute Gasteiger partial charge is 0.191 e. The van der Waals surface area contributed by atoms with Crippen LogP contribution < -0.4 is 18.9 Å². The average Bonchev–Trinajstić information content (AvgIpc) is 3.37. The van der Waals surface area contributed by atoms with Crippen LogP contribution in [-0.4, -0.2) is 36.3 Å². The summed E-state index contributed by atoms with van der Waals surface area (Å²) in [5.41, 5.74) is 2.51. The molecule has 4 rings (SSSR count). The predicted molar refractivity (Wildman–Crippen MR) is 112 cm³/mol. The summed E-state index contributed by atoms with van der Waals surface area (Å²) in [5, 5.41) is 9.15. The van der Waals surface area contributed by atoms with Crippen LogP contribution in [0.1, 0.15) is 0 Å². The summed E-state index contributed by atoms with van der Waals surface area (Å²) >= 11 is 1.33. The fourth-order valence-electron chi connectivity index (χ4n) is 3.02. The highest BCUT2D eigenvalue weighted by Crippen LogP contribution is 2.41. The van der Waals surface area contributed by atoms with Crippen molar-refractivity contribution in [1.29, 1.82) is 0 Å². The number of ether oxygens (including phenoxy) is 3. The Morgan fingerprint density at radius 1 is 1.00 bits per heavy atom. The molecule has 2 aromatic carbocycles. The van der Waals surface area contributed by atoms with Gasteiger partial charge in [0.15, 0.2) is 11.4 Å². The van der Waals surface area contributed by atoms with Crippen molar-refractivity contribution in [1.82, 2.24) is 14.9 Å². The Bertz CT molecular complexity index is 1130. The minimum atomic E-state index is 0.549. The van der Waals surface area contributed by atoms with Gasteiger partial charge in [-0.3, -0.25) is 4.68 Å². The van der Waals surface area contributed by atoms with Crippen LogP contribution in [0, 0.1) is 0 Å². The maximum atomic E-state index is 5.61. The highest BCUT2D eigenvalue weighted by atomic mass is 32.2. The molecule has 2 aromatic heterocycles. The van der Waals surface area contributed by atoms with E-state index in [1.165, 1.54) is 11.9 Å². The standard InChI is InChI=1S/C20H20N4O4S/c1-24-11-13(10-21-24)12-8-16(27-4)18-17(9-12)28-22-20(18)23-29-19-14(25-2)6-5-7-15(19)26-3/h5-11H,1-4H3,(H,22,23). The van der Waals surface area contributed by atoms with Crippen molar-refractivity contribution in [2.75, 3.05) is 26.1 Å². The van der Waals surface area contributed by atoms with Gasteiger partial charge in [-0.15, -0.1) is 0 Å². The van der Waals surface area contributed by atoms with Crippen molar-refractivity contribution in [3.63, 3.8) is 0 Å². The van der Waals surface area contributed by atoms with Gasteiger partial charge in [0.25, 0.3) is 0 Å². The van der Waals surface area contributed by atoms with Gasteiger partial charge in [-0.05, 0) is 41.8 Å². The van der Waals surface area contributed by atoms with Gasteiger partial charge in [-0.25, -0.2) is 0 Å². The zero-order chi connectivity index (χ0) is 20.4. The fraction of sp³-hybridized carbons (Fsp3) is 0.200. The first-order valence-electron chi connectivity index (χ1n) is 8.75. The Hall–Kier alpha value is -3.33. The largest absolute Gasteiger partial charge is 0.496 e. The van der Waals surface area contributed by atoms with E-state index in [4.69, 9.17) is 18.7 Å². The molecule has 0 bridgehead atoms. The van der Waals surface area contributed by atoms with E-state index >= 15 is 0 Å². The second-order valence-electron chi connectivity index (χ2n) is 6.18. The highest BCUT2D eigenvalue weighted by molar-refractivity contribution is 8.00. The molecule has 0 amide bonds. The number of anilines is 1. The second-order valence-corrected chi connectivity index (χ2v) is 7.00. The molecule has 0 aliphatic rings. The monoisotopic (exact) mass is 412 g/mol. The lowest BCUT2D eigenvalue weighted by atomic mass is 10.1. The summed E-state index contributed by atoms with van der Waals surface area (Å²) in [6, 6.07) is 9.47. The van der Waals surface area contributed by atoms with E-state index in [-0.39, 0.29) is 0 Å². The van der Waals surface area contributed by atoms with Gasteiger partial charge in [0.1, 0.15) is 27.5 Å². The van der Waals surface area contributed by atoms with Crippen molar-refractivity contribution < 1.29 is 18.7 Å². The summed E-state index contributed by atoms with van der Waals surface area (Å²) in [5.74, 6) is 2.59. The minimum Gasteiger partial charge on any atom is -0.496 e. The normalized spacial score (nSPS) is 10.9. The number of nitrogens with zero attached hydrogens (tertiary/aromatic N) is 3. The molecule has 2 heterocycles. The molecule has 0 radical (unpaired) electrons. The van der Waals surface area contributed by atoms with Gasteiger partial charge in [0.2, 0.25) is 0 Å². The summed E-state index contributed by atoms with van der Waals surface area (Å²) in [6.45, 7) is 0. The van der Waals surface area contributed by atoms with Crippen LogP contribution >= 0.6 is 11.9 Å². The number of methoxy groups -OCH3 is 3. The van der Waals surface area contributed by atoms with Crippen molar-refractivity contribution >= 4 is 28.7 Å². The summed E-state index contributed by atoms with van der Waals surface area (Å²) in [6.07, 6.45) is 3.72. The van der Waals surface area contributed by atoms with Crippen LogP contribution in [0.25, 0.3) is 22.1 Å². The number of aryl methyl sites for hydroxylation is 1. The van der Waals surface area contributed by atoms with E-state index < -0.39 is 0 Å². The zero-order valence-corrected chi connectivity index (χ0v) is 17.2. The molecule has 0 atom stereocenters. The zero-order valence-electron chi connectivity index (χ0n) is 16.4. The molecule has 0 fully saturated rings. The van der Waals surface area contributed by atoms with Crippen LogP contribution in [0.2, 0.25) is 0 Å². The molecule has 1 N–H and O–H groups in total. The molecule has 0 spiro atoms. The SMILES string of the molecule is COc1cccc(OC)c1SNc1noc2cc(-c3cnn(C)c3)cc(OC)c12. The maximum Gasteiger partial charge on any atom is 0.191 e. The fourth-order valence-corrected chi connectivity index (χ4v) is 3.86. The van der Waals surface area contributed by atoms with Gasteiger partial charge in [0.05, 0.1) is 27.5 Å².